The number of hydrogen-bond acceptors (Lipinski definition) is 8. The molecule has 2 fully saturated rings. The molecule has 0 bridgehead atoms. The second-order valence-electron chi connectivity index (χ2n) is 0.969. The molecule has 0 aromatic carbocycles. The maximum Gasteiger partial charge on any atom is 0.380 e. The van der Waals surface area contributed by atoms with Gasteiger partial charge in [0, 0.05) is 50.3 Å². The summed E-state index contributed by atoms with van der Waals surface area (Å²) in [7, 11) is -4.33. The van der Waals surface area contributed by atoms with Gasteiger partial charge in [-0.25, -0.2) is 0 Å². The van der Waals surface area contributed by atoms with Crippen LogP contribution in [0.3, 0.4) is 0 Å². The molecule has 2 saturated heterocycles. The largest absolute Gasteiger partial charge is 0.380 e. The van der Waals surface area contributed by atoms with E-state index in [0.29, 0.717) is 0 Å². The molecule has 0 aliphatic carbocycles. The second-order valence-corrected chi connectivity index (χ2v) is 2.64. The summed E-state index contributed by atoms with van der Waals surface area (Å²) in [6.45, 7) is 0. The van der Waals surface area contributed by atoms with Crippen molar-refractivity contribution in [3.63, 3.8) is 0 Å². The maximum atomic E-state index is 9.52. The van der Waals surface area contributed by atoms with Crippen molar-refractivity contribution >= 4 is 16.5 Å². The van der Waals surface area contributed by atoms with E-state index in [1.54, 1.807) is 0 Å². The Labute approximate surface area is 104 Å². The van der Waals surface area contributed by atoms with Gasteiger partial charge in [-0.05, 0) is 0 Å². The van der Waals surface area contributed by atoms with Gasteiger partial charge >= 0.3 is 16.5 Å². The first-order valence-electron chi connectivity index (χ1n) is 1.89. The summed E-state index contributed by atoms with van der Waals surface area (Å²) in [6, 6.07) is 0. The molecule has 0 unspecified atom stereocenters. The van der Waals surface area contributed by atoms with Crippen LogP contribution >= 0.6 is 16.5 Å². The summed E-state index contributed by atoms with van der Waals surface area (Å²) in [5.74, 6) is 0. The average molecular weight is 369 g/mol. The van der Waals surface area contributed by atoms with E-state index in [1.807, 2.05) is 0 Å². The van der Waals surface area contributed by atoms with Gasteiger partial charge in [0.2, 0.25) is 0 Å². The predicted octanol–water partition coefficient (Wildman–Crippen LogP) is 0.531. The molecule has 0 saturated carbocycles. The van der Waals surface area contributed by atoms with Gasteiger partial charge in [-0.3, -0.25) is 9.13 Å². The van der Waals surface area contributed by atoms with Gasteiger partial charge in [-0.15, -0.1) is 18.7 Å². The Morgan fingerprint density at radius 2 is 0.769 bits per heavy atom. The van der Waals surface area contributed by atoms with Crippen molar-refractivity contribution in [3.05, 3.63) is 0 Å². The van der Waals surface area contributed by atoms with E-state index >= 15 is 0 Å². The first kappa shape index (κ1) is 20.2. The quantitative estimate of drug-likeness (QED) is 0.452. The second kappa shape index (κ2) is 11.8. The molecule has 0 spiro atoms. The van der Waals surface area contributed by atoms with Crippen molar-refractivity contribution in [2.75, 3.05) is 0 Å². The van der Waals surface area contributed by atoms with Crippen molar-refractivity contribution < 1.29 is 88.2 Å². The minimum Gasteiger partial charge on any atom is -0.258 e. The smallest absolute Gasteiger partial charge is 0.258 e. The zero-order valence-electron chi connectivity index (χ0n) is 5.27. The van der Waals surface area contributed by atoms with Gasteiger partial charge in [-0.2, -0.15) is 0 Å². The van der Waals surface area contributed by atoms with Crippen LogP contribution in [0.15, 0.2) is 0 Å². The van der Waals surface area contributed by atoms with E-state index in [9.17, 15) is 9.13 Å². The summed E-state index contributed by atoms with van der Waals surface area (Å²) < 4.78 is 34.0. The predicted molar refractivity (Wildman–Crippen MR) is 24.5 cm³/mol. The fourth-order valence-electron chi connectivity index (χ4n) is 0.124. The molecule has 2 aliphatic rings. The third-order valence-corrected chi connectivity index (χ3v) is 1.22. The summed E-state index contributed by atoms with van der Waals surface area (Å²) in [5.41, 5.74) is 0. The van der Waals surface area contributed by atoms with E-state index in [2.05, 4.69) is 28.8 Å². The van der Waals surface area contributed by atoms with Crippen molar-refractivity contribution in [1.29, 1.82) is 0 Å². The van der Waals surface area contributed by atoms with Crippen LogP contribution in [-0.4, -0.2) is 0 Å². The van der Waals surface area contributed by atoms with Crippen molar-refractivity contribution in [2.24, 2.45) is 0 Å². The van der Waals surface area contributed by atoms with E-state index < -0.39 is 16.5 Å². The normalized spacial score (nSPS) is 19.7. The Morgan fingerprint density at radius 1 is 0.615 bits per heavy atom. The molecule has 0 amide bonds. The third kappa shape index (κ3) is 10.0. The molecular weight excluding hydrogens is 367 g/mol. The zero-order valence-corrected chi connectivity index (χ0v) is 10.4. The van der Waals surface area contributed by atoms with Crippen LogP contribution in [0, 0.1) is 0 Å². The van der Waals surface area contributed by atoms with Gasteiger partial charge in [-0.1, -0.05) is 10.1 Å². The molecule has 3 radical (unpaired) electrons. The molecule has 0 aromatic heterocycles. The molecule has 2 aliphatic heterocycles. The van der Waals surface area contributed by atoms with Gasteiger partial charge in [0.15, 0.2) is 0 Å². The summed E-state index contributed by atoms with van der Waals surface area (Å²) in [5, 5.41) is 7.13. The van der Waals surface area contributed by atoms with Gasteiger partial charge in [0.05, 0.1) is 0 Å². The van der Waals surface area contributed by atoms with Crippen molar-refractivity contribution in [1.82, 2.24) is 0 Å². The minimum absolute atomic E-state index is 0. The average Bonchev–Trinajstić information content (AvgIpc) is 1.80. The fraction of sp³-hybridized carbons (Fsp3) is 0. The molecule has 13 heavy (non-hydrogen) atoms. The molecule has 87 valence electrons. The van der Waals surface area contributed by atoms with Crippen LogP contribution in [-0.2, 0) is 88.2 Å². The van der Waals surface area contributed by atoms with Gasteiger partial charge in [0.1, 0.15) is 0 Å². The Hall–Kier alpha value is 1.74. The molecule has 13 heteroatoms. The third-order valence-electron chi connectivity index (χ3n) is 0.408. The summed E-state index contributed by atoms with van der Waals surface area (Å²) in [4.78, 5) is 0. The Morgan fingerprint density at radius 3 is 0.769 bits per heavy atom. The molecule has 2 rings (SSSR count). The molecule has 2 heterocycles. The fourth-order valence-corrected chi connectivity index (χ4v) is 0.371. The number of hydrogen-bond donors (Lipinski definition) is 0. The van der Waals surface area contributed by atoms with Crippen LogP contribution in [0.1, 0.15) is 0 Å². The summed E-state index contributed by atoms with van der Waals surface area (Å²) >= 11 is 0. The Balaban J connectivity index is -0.000000125. The van der Waals surface area contributed by atoms with Crippen LogP contribution in [0.2, 0.25) is 0 Å². The molecular formula is H2Co3O8P2. The maximum absolute atomic E-state index is 9.52. The first-order chi connectivity index (χ1) is 4.79. The van der Waals surface area contributed by atoms with Crippen LogP contribution in [0.5, 0.6) is 0 Å². The van der Waals surface area contributed by atoms with E-state index in [4.69, 9.17) is 0 Å². The molecule has 0 atom stereocenters. The molecule has 0 aromatic rings. The Bertz CT molecular complexity index is 129. The SMILES string of the molecule is O=[PH]1OOO1.O=[PH]1OOO1.[Co].[Co].[Co]. The van der Waals surface area contributed by atoms with Crippen LogP contribution < -0.4 is 0 Å². The van der Waals surface area contributed by atoms with Gasteiger partial charge in [0.25, 0.3) is 0 Å². The minimum atomic E-state index is -2.17. The van der Waals surface area contributed by atoms with Crippen molar-refractivity contribution in [3.8, 4) is 0 Å². The first-order valence-corrected chi connectivity index (χ1v) is 4.34. The van der Waals surface area contributed by atoms with E-state index in [1.165, 1.54) is 0 Å². The number of rotatable bonds is 0. The molecule has 8 nitrogen and oxygen atoms in total. The Kier molecular flexibility index (Phi) is 18.3. The monoisotopic (exact) mass is 369 g/mol. The summed E-state index contributed by atoms with van der Waals surface area (Å²) in [6.07, 6.45) is 0. The van der Waals surface area contributed by atoms with Crippen LogP contribution in [0.25, 0.3) is 0 Å². The molecule has 0 N–H and O–H groups in total. The zero-order chi connectivity index (χ0) is 7.40. The van der Waals surface area contributed by atoms with Gasteiger partial charge < -0.3 is 0 Å². The van der Waals surface area contributed by atoms with Crippen molar-refractivity contribution in [2.45, 2.75) is 0 Å². The van der Waals surface area contributed by atoms with Crippen LogP contribution in [0.4, 0.5) is 0 Å². The van der Waals surface area contributed by atoms with E-state index in [-0.39, 0.29) is 50.3 Å². The van der Waals surface area contributed by atoms with E-state index in [0.717, 1.165) is 0 Å². The topological polar surface area (TPSA) is 89.5 Å². The standard InChI is InChI=1S/3Co.2HO4P/c;;;2*1-5-3-2-4-5/h;;;2*5H.